The van der Waals surface area contributed by atoms with Gasteiger partial charge in [0.25, 0.3) is 5.91 Å². The van der Waals surface area contributed by atoms with Gasteiger partial charge in [-0.05, 0) is 36.8 Å². The number of amides is 2. The Morgan fingerprint density at radius 2 is 1.93 bits per heavy atom. The summed E-state index contributed by atoms with van der Waals surface area (Å²) in [6, 6.07) is 14.1. The second-order valence-corrected chi connectivity index (χ2v) is 7.16. The average Bonchev–Trinajstić information content (AvgIpc) is 2.99. The number of benzene rings is 1. The number of rotatable bonds is 4. The number of fused-ring (bicyclic) bond motifs is 2. The molecule has 0 fully saturated rings. The van der Waals surface area contributed by atoms with Crippen LogP contribution in [0.15, 0.2) is 48.5 Å². The van der Waals surface area contributed by atoms with Gasteiger partial charge in [-0.2, -0.15) is 0 Å². The molecule has 8 heteroatoms. The fourth-order valence-corrected chi connectivity index (χ4v) is 3.48. The van der Waals surface area contributed by atoms with Gasteiger partial charge < -0.3 is 9.64 Å². The number of carbonyl (C=O) groups is 2. The Kier molecular flexibility index (Phi) is 5.07. The Morgan fingerprint density at radius 3 is 2.72 bits per heavy atom. The normalized spacial score (nSPS) is 15.5. The largest absolute Gasteiger partial charge is 0.420 e. The maximum atomic E-state index is 13.1. The molecule has 2 amide bonds. The van der Waals surface area contributed by atoms with E-state index in [0.717, 1.165) is 11.8 Å². The Bertz CT molecular complexity index is 1100. The molecule has 0 radical (unpaired) electrons. The van der Waals surface area contributed by atoms with Gasteiger partial charge in [0, 0.05) is 30.1 Å². The van der Waals surface area contributed by atoms with Crippen LogP contribution >= 0.6 is 11.6 Å². The molecule has 0 N–H and O–H groups in total. The van der Waals surface area contributed by atoms with Crippen LogP contribution in [0.3, 0.4) is 0 Å². The van der Waals surface area contributed by atoms with Crippen molar-refractivity contribution >= 4 is 40.5 Å². The van der Waals surface area contributed by atoms with Crippen molar-refractivity contribution in [1.29, 1.82) is 0 Å². The summed E-state index contributed by atoms with van der Waals surface area (Å²) < 4.78 is 5.73. The molecule has 0 spiro atoms. The van der Waals surface area contributed by atoms with Gasteiger partial charge in [-0.3, -0.25) is 9.69 Å². The van der Waals surface area contributed by atoms with Crippen LogP contribution in [0, 0.1) is 0 Å². The van der Waals surface area contributed by atoms with Crippen LogP contribution in [0.2, 0.25) is 5.15 Å². The van der Waals surface area contributed by atoms with Gasteiger partial charge in [-0.25, -0.2) is 14.8 Å². The summed E-state index contributed by atoms with van der Waals surface area (Å²) in [6.07, 6.45) is -0.614. The highest BCUT2D eigenvalue weighted by molar-refractivity contribution is 6.29. The Labute approximate surface area is 172 Å². The summed E-state index contributed by atoms with van der Waals surface area (Å²) in [5, 5.41) is 1.10. The predicted molar refractivity (Wildman–Crippen MR) is 110 cm³/mol. The van der Waals surface area contributed by atoms with E-state index in [1.165, 1.54) is 9.80 Å². The third-order valence-corrected chi connectivity index (χ3v) is 4.95. The second-order valence-electron chi connectivity index (χ2n) is 6.77. The molecule has 3 aromatic rings. The highest BCUT2D eigenvalue weighted by Gasteiger charge is 2.41. The van der Waals surface area contributed by atoms with E-state index in [9.17, 15) is 9.59 Å². The van der Waals surface area contributed by atoms with Crippen LogP contribution in [0.25, 0.3) is 11.0 Å². The Hall–Kier alpha value is -3.19. The van der Waals surface area contributed by atoms with Crippen molar-refractivity contribution in [2.45, 2.75) is 19.6 Å². The van der Waals surface area contributed by atoms with E-state index in [1.54, 1.807) is 55.6 Å². The van der Waals surface area contributed by atoms with Crippen molar-refractivity contribution in [2.24, 2.45) is 0 Å². The number of halogens is 1. The van der Waals surface area contributed by atoms with Gasteiger partial charge in [0.05, 0.1) is 0 Å². The van der Waals surface area contributed by atoms with Crippen LogP contribution in [0.4, 0.5) is 10.6 Å². The maximum Gasteiger partial charge on any atom is 0.411 e. The summed E-state index contributed by atoms with van der Waals surface area (Å²) in [5.74, 6) is 0.0508. The molecule has 29 heavy (non-hydrogen) atoms. The molecule has 148 valence electrons. The molecule has 0 bridgehead atoms. The summed E-state index contributed by atoms with van der Waals surface area (Å²) >= 11 is 5.99. The van der Waals surface area contributed by atoms with E-state index in [-0.39, 0.29) is 5.91 Å². The lowest BCUT2D eigenvalue weighted by molar-refractivity contribution is 0.0657. The molecule has 1 aromatic carbocycles. The highest BCUT2D eigenvalue weighted by atomic mass is 35.5. The number of hydrogen-bond acceptors (Lipinski definition) is 5. The van der Waals surface area contributed by atoms with Gasteiger partial charge in [-0.1, -0.05) is 36.7 Å². The fraction of sp³-hybridized carbons (Fsp3) is 0.238. The SMILES string of the molecule is CCCN(C)C(=O)OC1c2ccccc2C(=O)N1c1ccc2ccc(Cl)nc2n1. The molecule has 0 saturated carbocycles. The molecule has 0 saturated heterocycles. The molecule has 1 aliphatic heterocycles. The first-order valence-corrected chi connectivity index (χ1v) is 9.65. The molecule has 0 aliphatic carbocycles. The van der Waals surface area contributed by atoms with Gasteiger partial charge in [0.15, 0.2) is 5.65 Å². The fourth-order valence-electron chi connectivity index (χ4n) is 3.33. The molecule has 7 nitrogen and oxygen atoms in total. The summed E-state index contributed by atoms with van der Waals surface area (Å²) in [4.78, 5) is 37.3. The summed E-state index contributed by atoms with van der Waals surface area (Å²) in [6.45, 7) is 2.53. The molecule has 1 aliphatic rings. The van der Waals surface area contributed by atoms with E-state index in [2.05, 4.69) is 9.97 Å². The van der Waals surface area contributed by atoms with Gasteiger partial charge in [0.2, 0.25) is 6.23 Å². The molecule has 2 aromatic heterocycles. The van der Waals surface area contributed by atoms with Crippen molar-refractivity contribution in [2.75, 3.05) is 18.5 Å². The molecule has 1 atom stereocenters. The van der Waals surface area contributed by atoms with Crippen LogP contribution in [0.1, 0.15) is 35.5 Å². The number of hydrogen-bond donors (Lipinski definition) is 0. The van der Waals surface area contributed by atoms with Crippen molar-refractivity contribution in [3.05, 3.63) is 64.8 Å². The summed E-state index contributed by atoms with van der Waals surface area (Å²) in [5.41, 5.74) is 1.51. The topological polar surface area (TPSA) is 75.6 Å². The first kappa shape index (κ1) is 19.1. The monoisotopic (exact) mass is 410 g/mol. The minimum atomic E-state index is -0.908. The van der Waals surface area contributed by atoms with E-state index < -0.39 is 12.3 Å². The minimum absolute atomic E-state index is 0.287. The molecular weight excluding hydrogens is 392 g/mol. The van der Waals surface area contributed by atoms with Crippen molar-refractivity contribution in [3.63, 3.8) is 0 Å². The lowest BCUT2D eigenvalue weighted by Gasteiger charge is -2.26. The number of carbonyl (C=O) groups excluding carboxylic acids is 2. The molecular formula is C21H19ClN4O3. The van der Waals surface area contributed by atoms with Gasteiger partial charge >= 0.3 is 6.09 Å². The third kappa shape index (κ3) is 3.49. The average molecular weight is 411 g/mol. The van der Waals surface area contributed by atoms with Gasteiger partial charge in [0.1, 0.15) is 11.0 Å². The molecule has 4 rings (SSSR count). The lowest BCUT2D eigenvalue weighted by Crippen LogP contribution is -2.36. The number of ether oxygens (including phenoxy) is 1. The third-order valence-electron chi connectivity index (χ3n) is 4.74. The predicted octanol–water partition coefficient (Wildman–Crippen LogP) is 4.42. The summed E-state index contributed by atoms with van der Waals surface area (Å²) in [7, 11) is 1.67. The lowest BCUT2D eigenvalue weighted by atomic mass is 10.1. The van der Waals surface area contributed by atoms with E-state index in [4.69, 9.17) is 16.3 Å². The van der Waals surface area contributed by atoms with E-state index >= 15 is 0 Å². The van der Waals surface area contributed by atoms with Crippen molar-refractivity contribution in [1.82, 2.24) is 14.9 Å². The smallest absolute Gasteiger partial charge is 0.411 e. The van der Waals surface area contributed by atoms with Gasteiger partial charge in [-0.15, -0.1) is 0 Å². The zero-order valence-electron chi connectivity index (χ0n) is 16.0. The van der Waals surface area contributed by atoms with Crippen LogP contribution in [-0.4, -0.2) is 40.5 Å². The number of anilines is 1. The van der Waals surface area contributed by atoms with E-state index in [1.807, 2.05) is 6.92 Å². The van der Waals surface area contributed by atoms with Crippen LogP contribution in [0.5, 0.6) is 0 Å². The maximum absolute atomic E-state index is 13.1. The standard InChI is InChI=1S/C21H19ClN4O3/c1-3-12-25(2)21(28)29-20-15-7-5-4-6-14(15)19(27)26(20)17-11-9-13-8-10-16(22)23-18(13)24-17/h4-11,20H,3,12H2,1-2H3. The zero-order valence-corrected chi connectivity index (χ0v) is 16.8. The molecule has 1 unspecified atom stereocenters. The Morgan fingerprint density at radius 1 is 1.17 bits per heavy atom. The van der Waals surface area contributed by atoms with E-state index in [0.29, 0.717) is 34.3 Å². The minimum Gasteiger partial charge on any atom is -0.420 e. The van der Waals surface area contributed by atoms with Crippen molar-refractivity contribution < 1.29 is 14.3 Å². The second kappa shape index (κ2) is 7.67. The van der Waals surface area contributed by atoms with Crippen LogP contribution in [-0.2, 0) is 4.74 Å². The first-order valence-electron chi connectivity index (χ1n) is 9.27. The quantitative estimate of drug-likeness (QED) is 0.595. The van der Waals surface area contributed by atoms with Crippen LogP contribution < -0.4 is 4.90 Å². The first-order chi connectivity index (χ1) is 14.0. The number of nitrogens with zero attached hydrogens (tertiary/aromatic N) is 4. The van der Waals surface area contributed by atoms with Crippen molar-refractivity contribution in [3.8, 4) is 0 Å². The Balaban J connectivity index is 1.76. The molecule has 3 heterocycles. The number of aromatic nitrogens is 2. The zero-order chi connectivity index (χ0) is 20.5. The number of pyridine rings is 2. The highest BCUT2D eigenvalue weighted by Crippen LogP contribution is 2.38.